The van der Waals surface area contributed by atoms with Crippen molar-refractivity contribution in [1.82, 2.24) is 0 Å². The van der Waals surface area contributed by atoms with Crippen molar-refractivity contribution in [3.63, 3.8) is 0 Å². The van der Waals surface area contributed by atoms with Gasteiger partial charge >= 0.3 is 5.97 Å². The van der Waals surface area contributed by atoms with E-state index in [1.54, 1.807) is 11.8 Å². The van der Waals surface area contributed by atoms with Crippen molar-refractivity contribution >= 4 is 17.7 Å². The van der Waals surface area contributed by atoms with Crippen LogP contribution in [0.5, 0.6) is 0 Å². The molecule has 0 aliphatic heterocycles. The molecule has 0 aliphatic carbocycles. The zero-order valence-corrected chi connectivity index (χ0v) is 8.75. The minimum absolute atomic E-state index is 0.0302. The maximum absolute atomic E-state index is 10.5. The number of carboxylic acids is 1. The molecule has 3 N–H and O–H groups in total. The Bertz CT molecular complexity index is 328. The summed E-state index contributed by atoms with van der Waals surface area (Å²) in [6.45, 7) is 0. The van der Waals surface area contributed by atoms with E-state index in [0.29, 0.717) is 0 Å². The summed E-state index contributed by atoms with van der Waals surface area (Å²) in [4.78, 5) is 11.5. The molecule has 0 fully saturated rings. The number of thioether (sulfide) groups is 1. The fraction of sp³-hybridized carbons (Fsp3) is 0.300. The number of carboxylic acid groups (broad SMARTS) is 1. The first kappa shape index (κ1) is 11.1. The monoisotopic (exact) mass is 211 g/mol. The Kier molecular flexibility index (Phi) is 3.98. The highest BCUT2D eigenvalue weighted by molar-refractivity contribution is 7.98. The number of nitrogens with two attached hydrogens (primary N) is 1. The van der Waals surface area contributed by atoms with Gasteiger partial charge in [-0.2, -0.15) is 0 Å². The van der Waals surface area contributed by atoms with E-state index in [2.05, 4.69) is 0 Å². The third kappa shape index (κ3) is 2.75. The number of hydrogen-bond donors (Lipinski definition) is 2. The molecular weight excluding hydrogens is 198 g/mol. The van der Waals surface area contributed by atoms with E-state index >= 15 is 0 Å². The lowest BCUT2D eigenvalue weighted by molar-refractivity contribution is -0.137. The fourth-order valence-corrected chi connectivity index (χ4v) is 1.94. The molecule has 0 aliphatic rings. The maximum Gasteiger partial charge on any atom is 0.305 e. The van der Waals surface area contributed by atoms with Crippen LogP contribution in [0.15, 0.2) is 29.2 Å². The summed E-state index contributed by atoms with van der Waals surface area (Å²) in [6, 6.07) is 7.19. The van der Waals surface area contributed by atoms with Crippen LogP contribution in [0.2, 0.25) is 0 Å². The lowest BCUT2D eigenvalue weighted by Gasteiger charge is -2.12. The van der Waals surface area contributed by atoms with Crippen LogP contribution in [0.3, 0.4) is 0 Å². The van der Waals surface area contributed by atoms with Crippen molar-refractivity contribution in [2.75, 3.05) is 6.26 Å². The van der Waals surface area contributed by atoms with E-state index in [0.717, 1.165) is 10.5 Å². The summed E-state index contributed by atoms with van der Waals surface area (Å²) >= 11 is 1.58. The van der Waals surface area contributed by atoms with Gasteiger partial charge in [-0.1, -0.05) is 18.2 Å². The van der Waals surface area contributed by atoms with Crippen LogP contribution in [-0.2, 0) is 4.79 Å². The van der Waals surface area contributed by atoms with E-state index in [-0.39, 0.29) is 6.42 Å². The Morgan fingerprint density at radius 1 is 1.57 bits per heavy atom. The standard InChI is InChI=1S/C10H13NO2S/c1-14-9-5-3-2-4-7(9)8(11)6-10(12)13/h2-5,8H,6,11H2,1H3,(H,12,13). The highest BCUT2D eigenvalue weighted by Crippen LogP contribution is 2.25. The van der Waals surface area contributed by atoms with E-state index in [1.165, 1.54) is 0 Å². The summed E-state index contributed by atoms with van der Waals surface area (Å²) in [5, 5.41) is 8.62. The predicted molar refractivity (Wildman–Crippen MR) is 57.4 cm³/mol. The van der Waals surface area contributed by atoms with Crippen molar-refractivity contribution in [2.24, 2.45) is 5.73 Å². The van der Waals surface area contributed by atoms with E-state index in [1.807, 2.05) is 30.5 Å². The van der Waals surface area contributed by atoms with Crippen LogP contribution in [-0.4, -0.2) is 17.3 Å². The molecule has 0 saturated heterocycles. The zero-order chi connectivity index (χ0) is 10.6. The first-order valence-electron chi connectivity index (χ1n) is 4.25. The maximum atomic E-state index is 10.5. The summed E-state index contributed by atoms with van der Waals surface area (Å²) in [5.74, 6) is -0.867. The van der Waals surface area contributed by atoms with E-state index < -0.39 is 12.0 Å². The number of rotatable bonds is 4. The quantitative estimate of drug-likeness (QED) is 0.746. The van der Waals surface area contributed by atoms with Gasteiger partial charge in [-0.25, -0.2) is 0 Å². The third-order valence-electron chi connectivity index (χ3n) is 1.93. The summed E-state index contributed by atoms with van der Waals surface area (Å²) < 4.78 is 0. The number of benzene rings is 1. The molecule has 1 aromatic carbocycles. The number of aliphatic carboxylic acids is 1. The highest BCUT2D eigenvalue weighted by atomic mass is 32.2. The molecular formula is C10H13NO2S. The normalized spacial score (nSPS) is 12.4. The van der Waals surface area contributed by atoms with Gasteiger partial charge in [0.2, 0.25) is 0 Å². The molecule has 0 heterocycles. The molecule has 1 atom stereocenters. The van der Waals surface area contributed by atoms with Gasteiger partial charge < -0.3 is 10.8 Å². The van der Waals surface area contributed by atoms with Crippen LogP contribution < -0.4 is 5.73 Å². The van der Waals surface area contributed by atoms with Gasteiger partial charge in [0.15, 0.2) is 0 Å². The molecule has 1 aromatic rings. The van der Waals surface area contributed by atoms with Crippen molar-refractivity contribution in [1.29, 1.82) is 0 Å². The molecule has 1 unspecified atom stereocenters. The van der Waals surface area contributed by atoms with Crippen molar-refractivity contribution in [3.8, 4) is 0 Å². The van der Waals surface area contributed by atoms with Gasteiger partial charge in [0.05, 0.1) is 6.42 Å². The van der Waals surface area contributed by atoms with E-state index in [4.69, 9.17) is 10.8 Å². The topological polar surface area (TPSA) is 63.3 Å². The lowest BCUT2D eigenvalue weighted by atomic mass is 10.1. The van der Waals surface area contributed by atoms with Gasteiger partial charge in [-0.05, 0) is 17.9 Å². The van der Waals surface area contributed by atoms with Crippen LogP contribution in [0.25, 0.3) is 0 Å². The van der Waals surface area contributed by atoms with Gasteiger partial charge in [-0.3, -0.25) is 4.79 Å². The van der Waals surface area contributed by atoms with Crippen LogP contribution in [0.4, 0.5) is 0 Å². The summed E-state index contributed by atoms with van der Waals surface area (Å²) in [6.07, 6.45) is 1.92. The summed E-state index contributed by atoms with van der Waals surface area (Å²) in [5.41, 5.74) is 6.68. The molecule has 3 nitrogen and oxygen atoms in total. The smallest absolute Gasteiger partial charge is 0.305 e. The second kappa shape index (κ2) is 5.02. The molecule has 1 rings (SSSR count). The highest BCUT2D eigenvalue weighted by Gasteiger charge is 2.13. The minimum atomic E-state index is -0.867. The Morgan fingerprint density at radius 2 is 2.21 bits per heavy atom. The molecule has 4 heteroatoms. The van der Waals surface area contributed by atoms with Gasteiger partial charge in [0.25, 0.3) is 0 Å². The first-order chi connectivity index (χ1) is 6.65. The van der Waals surface area contributed by atoms with Crippen LogP contribution in [0, 0.1) is 0 Å². The number of hydrogen-bond acceptors (Lipinski definition) is 3. The lowest BCUT2D eigenvalue weighted by Crippen LogP contribution is -2.15. The van der Waals surface area contributed by atoms with E-state index in [9.17, 15) is 4.79 Å². The predicted octanol–water partition coefficient (Wildman–Crippen LogP) is 1.88. The largest absolute Gasteiger partial charge is 0.481 e. The molecule has 14 heavy (non-hydrogen) atoms. The fourth-order valence-electron chi connectivity index (χ4n) is 1.27. The van der Waals surface area contributed by atoms with Gasteiger partial charge in [0, 0.05) is 10.9 Å². The molecule has 0 spiro atoms. The molecule has 0 amide bonds. The summed E-state index contributed by atoms with van der Waals surface area (Å²) in [7, 11) is 0. The van der Waals surface area contributed by atoms with Gasteiger partial charge in [-0.15, -0.1) is 11.8 Å². The molecule has 0 aromatic heterocycles. The van der Waals surface area contributed by atoms with Crippen molar-refractivity contribution in [3.05, 3.63) is 29.8 Å². The third-order valence-corrected chi connectivity index (χ3v) is 2.74. The second-order valence-corrected chi connectivity index (χ2v) is 3.79. The van der Waals surface area contributed by atoms with Crippen LogP contribution >= 0.6 is 11.8 Å². The first-order valence-corrected chi connectivity index (χ1v) is 5.48. The Balaban J connectivity index is 2.87. The second-order valence-electron chi connectivity index (χ2n) is 2.95. The molecule has 0 bridgehead atoms. The SMILES string of the molecule is CSc1ccccc1C(N)CC(=O)O. The average molecular weight is 211 g/mol. The Morgan fingerprint density at radius 3 is 2.79 bits per heavy atom. The molecule has 0 saturated carbocycles. The van der Waals surface area contributed by atoms with Crippen LogP contribution in [0.1, 0.15) is 18.0 Å². The van der Waals surface area contributed by atoms with Gasteiger partial charge in [0.1, 0.15) is 0 Å². The van der Waals surface area contributed by atoms with Crippen molar-refractivity contribution in [2.45, 2.75) is 17.4 Å². The number of carbonyl (C=O) groups is 1. The molecule has 0 radical (unpaired) electrons. The Hall–Kier alpha value is -1.00. The van der Waals surface area contributed by atoms with Crippen molar-refractivity contribution < 1.29 is 9.90 Å². The zero-order valence-electron chi connectivity index (χ0n) is 7.93. The Labute approximate surface area is 87.3 Å². The molecule has 76 valence electrons. The minimum Gasteiger partial charge on any atom is -0.481 e. The average Bonchev–Trinajstić information content (AvgIpc) is 2.16.